The molecule has 4 nitrogen and oxygen atoms in total. The lowest BCUT2D eigenvalue weighted by atomic mass is 10.1. The molecule has 23 heavy (non-hydrogen) atoms. The first-order valence-corrected chi connectivity index (χ1v) is 7.31. The number of halogens is 1. The van der Waals surface area contributed by atoms with Crippen LogP contribution in [0.2, 0.25) is 5.02 Å². The molecule has 0 spiro atoms. The maximum Gasteiger partial charge on any atom is 0.354 e. The molecule has 2 rings (SSSR count). The van der Waals surface area contributed by atoms with E-state index in [1.807, 2.05) is 31.2 Å². The molecule has 118 valence electrons. The minimum atomic E-state index is -0.618. The van der Waals surface area contributed by atoms with Gasteiger partial charge in [-0.25, -0.2) is 4.79 Å². The van der Waals surface area contributed by atoms with E-state index in [0.717, 1.165) is 11.1 Å². The van der Waals surface area contributed by atoms with Crippen molar-refractivity contribution in [2.45, 2.75) is 6.92 Å². The van der Waals surface area contributed by atoms with Gasteiger partial charge in [0.1, 0.15) is 5.70 Å². The van der Waals surface area contributed by atoms with Gasteiger partial charge in [0.15, 0.2) is 0 Å². The molecule has 0 saturated carbocycles. The van der Waals surface area contributed by atoms with E-state index in [9.17, 15) is 9.59 Å². The number of amides is 1. The van der Waals surface area contributed by atoms with Gasteiger partial charge in [-0.15, -0.1) is 0 Å². The van der Waals surface area contributed by atoms with Gasteiger partial charge in [-0.2, -0.15) is 0 Å². The van der Waals surface area contributed by atoms with Crippen molar-refractivity contribution in [3.05, 3.63) is 75.9 Å². The number of nitrogens with one attached hydrogen (secondary N) is 1. The van der Waals surface area contributed by atoms with Crippen LogP contribution in [0.3, 0.4) is 0 Å². The van der Waals surface area contributed by atoms with Crippen LogP contribution < -0.4 is 5.32 Å². The molecule has 0 heterocycles. The van der Waals surface area contributed by atoms with E-state index in [4.69, 9.17) is 16.3 Å². The number of rotatable bonds is 4. The van der Waals surface area contributed by atoms with E-state index in [1.165, 1.54) is 7.11 Å². The molecule has 0 bridgehead atoms. The third-order valence-electron chi connectivity index (χ3n) is 3.15. The fourth-order valence-corrected chi connectivity index (χ4v) is 2.01. The standard InChI is InChI=1S/C18H16ClNO3/c1-12-3-5-13(6-4-12)11-16(18(22)23-2)20-17(21)14-7-9-15(19)10-8-14/h3-11H,1-2H3,(H,20,21)/b16-11-. The minimum Gasteiger partial charge on any atom is -0.464 e. The van der Waals surface area contributed by atoms with Crippen molar-refractivity contribution in [2.75, 3.05) is 7.11 Å². The van der Waals surface area contributed by atoms with E-state index in [2.05, 4.69) is 5.32 Å². The Bertz CT molecular complexity index is 734. The van der Waals surface area contributed by atoms with Crippen LogP contribution in [-0.2, 0) is 9.53 Å². The van der Waals surface area contributed by atoms with Crippen LogP contribution in [0.15, 0.2) is 54.2 Å². The summed E-state index contributed by atoms with van der Waals surface area (Å²) in [5.74, 6) is -1.03. The Morgan fingerprint density at radius 3 is 2.22 bits per heavy atom. The summed E-state index contributed by atoms with van der Waals surface area (Å²) in [7, 11) is 1.26. The molecule has 0 aliphatic carbocycles. The van der Waals surface area contributed by atoms with Gasteiger partial charge >= 0.3 is 5.97 Å². The normalized spacial score (nSPS) is 11.0. The number of carbonyl (C=O) groups is 2. The number of aryl methyl sites for hydroxylation is 1. The summed E-state index contributed by atoms with van der Waals surface area (Å²) >= 11 is 5.80. The molecule has 0 fully saturated rings. The van der Waals surface area contributed by atoms with E-state index in [0.29, 0.717) is 10.6 Å². The second-order valence-electron chi connectivity index (χ2n) is 4.92. The maximum absolute atomic E-state index is 12.2. The van der Waals surface area contributed by atoms with Crippen LogP contribution in [0.5, 0.6) is 0 Å². The largest absolute Gasteiger partial charge is 0.464 e. The summed E-state index contributed by atoms with van der Waals surface area (Å²) in [5, 5.41) is 3.10. The second-order valence-corrected chi connectivity index (χ2v) is 5.36. The second kappa shape index (κ2) is 7.61. The molecule has 0 atom stereocenters. The van der Waals surface area contributed by atoms with Gasteiger partial charge in [-0.3, -0.25) is 4.79 Å². The molecule has 0 radical (unpaired) electrons. The molecular formula is C18H16ClNO3. The van der Waals surface area contributed by atoms with Crippen molar-refractivity contribution in [1.82, 2.24) is 5.32 Å². The number of ether oxygens (including phenoxy) is 1. The third kappa shape index (κ3) is 4.69. The Morgan fingerprint density at radius 2 is 1.65 bits per heavy atom. The fourth-order valence-electron chi connectivity index (χ4n) is 1.88. The lowest BCUT2D eigenvalue weighted by molar-refractivity contribution is -0.136. The fraction of sp³-hybridized carbons (Fsp3) is 0.111. The van der Waals surface area contributed by atoms with Crippen LogP contribution in [-0.4, -0.2) is 19.0 Å². The Kier molecular flexibility index (Phi) is 5.55. The van der Waals surface area contributed by atoms with Crippen molar-refractivity contribution >= 4 is 29.6 Å². The van der Waals surface area contributed by atoms with Crippen LogP contribution >= 0.6 is 11.6 Å². The summed E-state index contributed by atoms with van der Waals surface area (Å²) < 4.78 is 4.72. The zero-order valence-electron chi connectivity index (χ0n) is 12.8. The Balaban J connectivity index is 2.25. The first kappa shape index (κ1) is 16.8. The SMILES string of the molecule is COC(=O)/C(=C/c1ccc(C)cc1)NC(=O)c1ccc(Cl)cc1. The van der Waals surface area contributed by atoms with Crippen LogP contribution in [0.4, 0.5) is 0 Å². The molecule has 2 aromatic rings. The average molecular weight is 330 g/mol. The summed E-state index contributed by atoms with van der Waals surface area (Å²) in [5.41, 5.74) is 2.35. The molecule has 5 heteroatoms. The Labute approximate surface area is 139 Å². The highest BCUT2D eigenvalue weighted by molar-refractivity contribution is 6.30. The number of hydrogen-bond acceptors (Lipinski definition) is 3. The lowest BCUT2D eigenvalue weighted by Crippen LogP contribution is -2.28. The van der Waals surface area contributed by atoms with Gasteiger partial charge in [0.05, 0.1) is 7.11 Å². The molecule has 0 unspecified atom stereocenters. The third-order valence-corrected chi connectivity index (χ3v) is 3.40. The lowest BCUT2D eigenvalue weighted by Gasteiger charge is -2.08. The van der Waals surface area contributed by atoms with Crippen molar-refractivity contribution < 1.29 is 14.3 Å². The number of benzene rings is 2. The zero-order valence-corrected chi connectivity index (χ0v) is 13.6. The van der Waals surface area contributed by atoms with Crippen LogP contribution in [0.25, 0.3) is 6.08 Å². The van der Waals surface area contributed by atoms with Crippen molar-refractivity contribution in [3.63, 3.8) is 0 Å². The van der Waals surface area contributed by atoms with Gasteiger partial charge in [0.2, 0.25) is 0 Å². The van der Waals surface area contributed by atoms with Gasteiger partial charge in [-0.1, -0.05) is 41.4 Å². The highest BCUT2D eigenvalue weighted by atomic mass is 35.5. The van der Waals surface area contributed by atoms with E-state index in [-0.39, 0.29) is 5.70 Å². The van der Waals surface area contributed by atoms with Crippen molar-refractivity contribution in [1.29, 1.82) is 0 Å². The maximum atomic E-state index is 12.2. The summed E-state index contributed by atoms with van der Waals surface area (Å²) in [6, 6.07) is 13.9. The van der Waals surface area contributed by atoms with Crippen LogP contribution in [0.1, 0.15) is 21.5 Å². The highest BCUT2D eigenvalue weighted by Gasteiger charge is 2.14. The monoisotopic (exact) mass is 329 g/mol. The quantitative estimate of drug-likeness (QED) is 0.689. The first-order chi connectivity index (χ1) is 11.0. The van der Waals surface area contributed by atoms with Gasteiger partial charge in [0.25, 0.3) is 5.91 Å². The minimum absolute atomic E-state index is 0.0660. The average Bonchev–Trinajstić information content (AvgIpc) is 2.56. The molecule has 0 aliphatic heterocycles. The van der Waals surface area contributed by atoms with Crippen molar-refractivity contribution in [2.24, 2.45) is 0 Å². The first-order valence-electron chi connectivity index (χ1n) is 6.93. The highest BCUT2D eigenvalue weighted by Crippen LogP contribution is 2.12. The summed E-state index contributed by atoms with van der Waals surface area (Å²) in [4.78, 5) is 24.1. The topological polar surface area (TPSA) is 55.4 Å². The summed E-state index contributed by atoms with van der Waals surface area (Å²) in [6.07, 6.45) is 1.57. The molecule has 1 amide bonds. The molecule has 0 aliphatic rings. The van der Waals surface area contributed by atoms with Gasteiger partial charge in [-0.05, 0) is 42.8 Å². The number of esters is 1. The van der Waals surface area contributed by atoms with E-state index < -0.39 is 11.9 Å². The zero-order chi connectivity index (χ0) is 16.8. The van der Waals surface area contributed by atoms with Gasteiger partial charge in [0, 0.05) is 10.6 Å². The number of hydrogen-bond donors (Lipinski definition) is 1. The number of carbonyl (C=O) groups excluding carboxylic acids is 2. The molecule has 0 saturated heterocycles. The molecular weight excluding hydrogens is 314 g/mol. The Morgan fingerprint density at radius 1 is 1.04 bits per heavy atom. The predicted molar refractivity (Wildman–Crippen MR) is 90.1 cm³/mol. The van der Waals surface area contributed by atoms with Crippen LogP contribution in [0, 0.1) is 6.92 Å². The van der Waals surface area contributed by atoms with Crippen molar-refractivity contribution in [3.8, 4) is 0 Å². The smallest absolute Gasteiger partial charge is 0.354 e. The summed E-state index contributed by atoms with van der Waals surface area (Å²) in [6.45, 7) is 1.97. The Hall–Kier alpha value is -2.59. The van der Waals surface area contributed by atoms with E-state index >= 15 is 0 Å². The predicted octanol–water partition coefficient (Wildman–Crippen LogP) is 3.59. The molecule has 2 aromatic carbocycles. The number of methoxy groups -OCH3 is 1. The molecule has 0 aromatic heterocycles. The van der Waals surface area contributed by atoms with Gasteiger partial charge < -0.3 is 10.1 Å². The molecule has 1 N–H and O–H groups in total. The van der Waals surface area contributed by atoms with E-state index in [1.54, 1.807) is 30.3 Å².